The number of aromatic nitrogens is 1. The Morgan fingerprint density at radius 1 is 1.14 bits per heavy atom. The van der Waals surface area contributed by atoms with E-state index in [0.717, 1.165) is 10.3 Å². The highest BCUT2D eigenvalue weighted by Gasteiger charge is 2.51. The Kier molecular flexibility index (Phi) is 4.96. The summed E-state index contributed by atoms with van der Waals surface area (Å²) in [5.74, 6) is -0.0134. The van der Waals surface area contributed by atoms with Gasteiger partial charge in [-0.1, -0.05) is 24.3 Å². The SMILES string of the molecule is C[C@@]1(c2ccccn2)NC(=O)N(CC(=O)N2N=C(c3cc4ccccc4o3)C[C@@H]2c2ccco2)C1=O. The van der Waals surface area contributed by atoms with Crippen molar-refractivity contribution >= 4 is 34.5 Å². The molecule has 3 aromatic heterocycles. The smallest absolute Gasteiger partial charge is 0.325 e. The van der Waals surface area contributed by atoms with Crippen LogP contribution < -0.4 is 5.32 Å². The maximum absolute atomic E-state index is 13.5. The number of fused-ring (bicyclic) bond motifs is 1. The Morgan fingerprint density at radius 3 is 2.72 bits per heavy atom. The molecule has 1 N–H and O–H groups in total. The summed E-state index contributed by atoms with van der Waals surface area (Å²) in [7, 11) is 0. The molecule has 1 saturated heterocycles. The van der Waals surface area contributed by atoms with Gasteiger partial charge in [-0.15, -0.1) is 0 Å². The van der Waals surface area contributed by atoms with Crippen molar-refractivity contribution in [2.24, 2.45) is 5.10 Å². The zero-order chi connectivity index (χ0) is 24.9. The number of amides is 4. The van der Waals surface area contributed by atoms with Crippen LogP contribution in [0.1, 0.15) is 36.6 Å². The summed E-state index contributed by atoms with van der Waals surface area (Å²) in [5, 5.41) is 9.39. The normalized spacial score (nSPS) is 21.8. The second-order valence-corrected chi connectivity index (χ2v) is 8.83. The number of imide groups is 1. The Hall–Kier alpha value is -4.73. The zero-order valence-corrected chi connectivity index (χ0v) is 19.2. The van der Waals surface area contributed by atoms with Crippen LogP contribution in [-0.2, 0) is 15.1 Å². The van der Waals surface area contributed by atoms with Gasteiger partial charge in [-0.2, -0.15) is 5.10 Å². The molecular weight excluding hydrogens is 462 g/mol. The average molecular weight is 483 g/mol. The van der Waals surface area contributed by atoms with Crippen molar-refractivity contribution in [2.45, 2.75) is 24.9 Å². The average Bonchev–Trinajstić information content (AvgIpc) is 3.67. The predicted molar refractivity (Wildman–Crippen MR) is 127 cm³/mol. The number of carbonyl (C=O) groups is 3. The third-order valence-electron chi connectivity index (χ3n) is 6.49. The maximum atomic E-state index is 13.5. The van der Waals surface area contributed by atoms with Crippen LogP contribution in [0.2, 0.25) is 0 Å². The van der Waals surface area contributed by atoms with Gasteiger partial charge in [0.25, 0.3) is 11.8 Å². The fraction of sp³-hybridized carbons (Fsp3) is 0.192. The van der Waals surface area contributed by atoms with Gasteiger partial charge in [-0.3, -0.25) is 19.5 Å². The predicted octanol–water partition coefficient (Wildman–Crippen LogP) is 3.57. The van der Waals surface area contributed by atoms with Crippen LogP contribution in [0, 0.1) is 0 Å². The molecule has 0 spiro atoms. The van der Waals surface area contributed by atoms with Crippen molar-refractivity contribution in [3.63, 3.8) is 0 Å². The van der Waals surface area contributed by atoms with Gasteiger partial charge in [0, 0.05) is 18.0 Å². The largest absolute Gasteiger partial charge is 0.467 e. The summed E-state index contributed by atoms with van der Waals surface area (Å²) >= 11 is 0. The lowest BCUT2D eigenvalue weighted by Crippen LogP contribution is -2.43. The van der Waals surface area contributed by atoms with Gasteiger partial charge >= 0.3 is 6.03 Å². The van der Waals surface area contributed by atoms with Crippen molar-refractivity contribution in [1.29, 1.82) is 0 Å². The molecular formula is C26H21N5O5. The molecule has 4 amide bonds. The molecule has 1 aromatic carbocycles. The van der Waals surface area contributed by atoms with Crippen molar-refractivity contribution in [3.8, 4) is 0 Å². The number of furan rings is 2. The lowest BCUT2D eigenvalue weighted by atomic mass is 9.97. The molecule has 2 aliphatic heterocycles. The van der Waals surface area contributed by atoms with Crippen LogP contribution in [-0.4, -0.2) is 45.0 Å². The Balaban J connectivity index is 1.29. The Morgan fingerprint density at radius 2 is 1.97 bits per heavy atom. The maximum Gasteiger partial charge on any atom is 0.325 e. The molecule has 2 atom stereocenters. The van der Waals surface area contributed by atoms with E-state index >= 15 is 0 Å². The minimum absolute atomic E-state index is 0.352. The first-order valence-electron chi connectivity index (χ1n) is 11.4. The van der Waals surface area contributed by atoms with E-state index < -0.39 is 36.0 Å². The molecule has 1 fully saturated rings. The molecule has 0 radical (unpaired) electrons. The number of nitrogens with one attached hydrogen (secondary N) is 1. The first-order chi connectivity index (χ1) is 17.4. The summed E-state index contributed by atoms with van der Waals surface area (Å²) in [6, 6.07) is 16.8. The molecule has 180 valence electrons. The number of hydrogen-bond acceptors (Lipinski definition) is 7. The molecule has 0 aliphatic carbocycles. The molecule has 0 saturated carbocycles. The number of rotatable bonds is 5. The standard InChI is InChI=1S/C26H21N5O5/c1-26(22-10-4-5-11-27-22)24(33)30(25(34)28-26)15-23(32)31-18(20-9-6-12-35-20)14-17(29-31)21-13-16-7-2-3-8-19(16)36-21/h2-13,18H,14-15H2,1H3,(H,28,34)/t18-,26+/m1/s1. The van der Waals surface area contributed by atoms with Crippen LogP contribution in [0.4, 0.5) is 4.79 Å². The number of pyridine rings is 1. The van der Waals surface area contributed by atoms with Crippen LogP contribution in [0.15, 0.2) is 87.1 Å². The fourth-order valence-electron chi connectivity index (χ4n) is 4.60. The molecule has 10 nitrogen and oxygen atoms in total. The zero-order valence-electron chi connectivity index (χ0n) is 19.2. The van der Waals surface area contributed by atoms with Gasteiger partial charge in [-0.25, -0.2) is 9.80 Å². The molecule has 36 heavy (non-hydrogen) atoms. The summed E-state index contributed by atoms with van der Waals surface area (Å²) in [4.78, 5) is 44.6. The Labute approximate surface area is 205 Å². The second-order valence-electron chi connectivity index (χ2n) is 8.83. The Bertz CT molecular complexity index is 1480. The van der Waals surface area contributed by atoms with E-state index in [0.29, 0.717) is 34.9 Å². The van der Waals surface area contributed by atoms with Gasteiger partial charge in [0.15, 0.2) is 11.3 Å². The molecule has 6 rings (SSSR count). The van der Waals surface area contributed by atoms with Crippen LogP contribution in [0.3, 0.4) is 0 Å². The van der Waals surface area contributed by atoms with Gasteiger partial charge in [0.05, 0.1) is 12.0 Å². The highest BCUT2D eigenvalue weighted by Crippen LogP contribution is 2.35. The van der Waals surface area contributed by atoms with E-state index in [9.17, 15) is 14.4 Å². The van der Waals surface area contributed by atoms with Crippen LogP contribution in [0.5, 0.6) is 0 Å². The highest BCUT2D eigenvalue weighted by molar-refractivity contribution is 6.09. The number of benzene rings is 1. The number of hydrazone groups is 1. The van der Waals surface area contributed by atoms with E-state index in [2.05, 4.69) is 15.4 Å². The molecule has 2 aliphatic rings. The lowest BCUT2D eigenvalue weighted by molar-refractivity contribution is -0.140. The molecule has 4 aromatic rings. The van der Waals surface area contributed by atoms with E-state index in [-0.39, 0.29) is 0 Å². The summed E-state index contributed by atoms with van der Waals surface area (Å²) in [5.41, 5.74) is 0.296. The molecule has 0 unspecified atom stereocenters. The summed E-state index contributed by atoms with van der Waals surface area (Å²) in [6.07, 6.45) is 3.41. The summed E-state index contributed by atoms with van der Waals surface area (Å²) in [6.45, 7) is 1.08. The number of hydrogen-bond donors (Lipinski definition) is 1. The fourth-order valence-corrected chi connectivity index (χ4v) is 4.60. The van der Waals surface area contributed by atoms with Crippen molar-refractivity contribution in [2.75, 3.05) is 6.54 Å². The third kappa shape index (κ3) is 3.46. The number of urea groups is 1. The van der Waals surface area contributed by atoms with E-state index in [1.807, 2.05) is 30.3 Å². The first-order valence-corrected chi connectivity index (χ1v) is 11.4. The van der Waals surface area contributed by atoms with Gasteiger partial charge in [0.1, 0.15) is 29.6 Å². The lowest BCUT2D eigenvalue weighted by Gasteiger charge is -2.23. The van der Waals surface area contributed by atoms with Gasteiger partial charge in [0.2, 0.25) is 0 Å². The summed E-state index contributed by atoms with van der Waals surface area (Å²) < 4.78 is 11.5. The second kappa shape index (κ2) is 8.19. The van der Waals surface area contributed by atoms with E-state index in [1.165, 1.54) is 11.3 Å². The van der Waals surface area contributed by atoms with E-state index in [1.54, 1.807) is 43.5 Å². The van der Waals surface area contributed by atoms with Crippen LogP contribution in [0.25, 0.3) is 11.0 Å². The number of para-hydroxylation sites is 1. The van der Waals surface area contributed by atoms with Crippen LogP contribution >= 0.6 is 0 Å². The number of nitrogens with zero attached hydrogens (tertiary/aromatic N) is 4. The van der Waals surface area contributed by atoms with Crippen molar-refractivity contribution in [3.05, 3.63) is 90.3 Å². The highest BCUT2D eigenvalue weighted by atomic mass is 16.3. The van der Waals surface area contributed by atoms with Crippen molar-refractivity contribution < 1.29 is 23.2 Å². The first kappa shape index (κ1) is 21.8. The quantitative estimate of drug-likeness (QED) is 0.433. The molecule has 10 heteroatoms. The minimum Gasteiger partial charge on any atom is -0.467 e. The molecule has 5 heterocycles. The van der Waals surface area contributed by atoms with Gasteiger partial charge < -0.3 is 14.2 Å². The van der Waals surface area contributed by atoms with Gasteiger partial charge in [-0.05, 0) is 43.3 Å². The third-order valence-corrected chi connectivity index (χ3v) is 6.49. The number of carbonyl (C=O) groups excluding carboxylic acids is 3. The van der Waals surface area contributed by atoms with E-state index in [4.69, 9.17) is 8.83 Å². The minimum atomic E-state index is -1.37. The monoisotopic (exact) mass is 483 g/mol. The molecule has 0 bridgehead atoms. The van der Waals surface area contributed by atoms with Crippen molar-refractivity contribution in [1.82, 2.24) is 20.2 Å². The topological polar surface area (TPSA) is 121 Å².